The lowest BCUT2D eigenvalue weighted by Crippen LogP contribution is -2.23. The molecule has 1 aromatic rings. The van der Waals surface area contributed by atoms with E-state index in [1.165, 1.54) is 5.56 Å². The first-order valence-corrected chi connectivity index (χ1v) is 6.00. The number of fused-ring (bicyclic) bond motifs is 1. The van der Waals surface area contributed by atoms with Crippen LogP contribution in [0.15, 0.2) is 18.2 Å². The van der Waals surface area contributed by atoms with E-state index in [0.717, 1.165) is 17.8 Å². The monoisotopic (exact) mass is 233 g/mol. The van der Waals surface area contributed by atoms with Crippen molar-refractivity contribution in [3.05, 3.63) is 29.3 Å². The van der Waals surface area contributed by atoms with Crippen LogP contribution in [0.4, 0.5) is 5.69 Å². The molecular weight excluding hydrogens is 214 g/mol. The second-order valence-electron chi connectivity index (χ2n) is 5.66. The highest BCUT2D eigenvalue weighted by Crippen LogP contribution is 2.35. The van der Waals surface area contributed by atoms with Crippen molar-refractivity contribution < 1.29 is 9.90 Å². The zero-order valence-corrected chi connectivity index (χ0v) is 10.6. The maximum absolute atomic E-state index is 11.3. The molecule has 0 radical (unpaired) electrons. The van der Waals surface area contributed by atoms with Crippen LogP contribution in [0.3, 0.4) is 0 Å². The van der Waals surface area contributed by atoms with Gasteiger partial charge in [0.05, 0.1) is 5.92 Å². The number of anilines is 1. The van der Waals surface area contributed by atoms with Gasteiger partial charge in [-0.15, -0.1) is 0 Å². The molecule has 2 N–H and O–H groups in total. The van der Waals surface area contributed by atoms with Gasteiger partial charge in [-0.1, -0.05) is 32.9 Å². The average Bonchev–Trinajstić information content (AvgIpc) is 2.26. The molecule has 0 fully saturated rings. The number of carboxylic acid groups (broad SMARTS) is 1. The molecule has 0 amide bonds. The highest BCUT2D eigenvalue weighted by atomic mass is 16.4. The van der Waals surface area contributed by atoms with E-state index in [9.17, 15) is 9.90 Å². The zero-order valence-electron chi connectivity index (χ0n) is 10.6. The fourth-order valence-electron chi connectivity index (χ4n) is 2.24. The molecule has 1 aliphatic rings. The lowest BCUT2D eigenvalue weighted by molar-refractivity contribution is -0.138. The summed E-state index contributed by atoms with van der Waals surface area (Å²) in [4.78, 5) is 11.3. The summed E-state index contributed by atoms with van der Waals surface area (Å²) in [6, 6.07) is 6.13. The molecule has 1 heterocycles. The van der Waals surface area contributed by atoms with E-state index in [2.05, 4.69) is 32.2 Å². The molecule has 17 heavy (non-hydrogen) atoms. The molecule has 2 rings (SSSR count). The van der Waals surface area contributed by atoms with Gasteiger partial charge in [0, 0.05) is 12.2 Å². The van der Waals surface area contributed by atoms with Gasteiger partial charge in [-0.3, -0.25) is 4.79 Å². The predicted octanol–water partition coefficient (Wildman–Crippen LogP) is 2.97. The van der Waals surface area contributed by atoms with Gasteiger partial charge in [0.2, 0.25) is 0 Å². The Balaban J connectivity index is 2.48. The van der Waals surface area contributed by atoms with Gasteiger partial charge in [0.15, 0.2) is 0 Å². The second-order valence-corrected chi connectivity index (χ2v) is 5.66. The quantitative estimate of drug-likeness (QED) is 0.784. The van der Waals surface area contributed by atoms with E-state index >= 15 is 0 Å². The summed E-state index contributed by atoms with van der Waals surface area (Å²) in [5, 5.41) is 12.5. The van der Waals surface area contributed by atoms with E-state index in [1.54, 1.807) is 0 Å². The van der Waals surface area contributed by atoms with E-state index in [0.29, 0.717) is 6.42 Å². The first kappa shape index (κ1) is 12.0. The molecule has 0 saturated heterocycles. The van der Waals surface area contributed by atoms with Crippen LogP contribution in [-0.2, 0) is 10.2 Å². The van der Waals surface area contributed by atoms with Gasteiger partial charge in [0.25, 0.3) is 0 Å². The van der Waals surface area contributed by atoms with Crippen LogP contribution in [0, 0.1) is 0 Å². The minimum absolute atomic E-state index is 0.0511. The third-order valence-electron chi connectivity index (χ3n) is 3.34. The Morgan fingerprint density at radius 3 is 2.71 bits per heavy atom. The SMILES string of the molecule is CC(C)(C)c1ccc2c(c1)C(C(=O)O)CCN2. The minimum atomic E-state index is -0.723. The summed E-state index contributed by atoms with van der Waals surface area (Å²) in [5.74, 6) is -1.09. The van der Waals surface area contributed by atoms with Crippen molar-refractivity contribution in [1.29, 1.82) is 0 Å². The van der Waals surface area contributed by atoms with Crippen LogP contribution in [0.5, 0.6) is 0 Å². The maximum atomic E-state index is 11.3. The highest BCUT2D eigenvalue weighted by Gasteiger charge is 2.27. The van der Waals surface area contributed by atoms with Crippen molar-refractivity contribution in [2.24, 2.45) is 0 Å². The van der Waals surface area contributed by atoms with Gasteiger partial charge >= 0.3 is 5.97 Å². The van der Waals surface area contributed by atoms with Gasteiger partial charge in [-0.25, -0.2) is 0 Å². The van der Waals surface area contributed by atoms with Gasteiger partial charge < -0.3 is 10.4 Å². The molecule has 1 aromatic carbocycles. The van der Waals surface area contributed by atoms with Crippen LogP contribution < -0.4 is 5.32 Å². The first-order chi connectivity index (χ1) is 7.89. The Kier molecular flexibility index (Phi) is 2.86. The Morgan fingerprint density at radius 2 is 2.12 bits per heavy atom. The molecule has 0 aromatic heterocycles. The van der Waals surface area contributed by atoms with E-state index in [4.69, 9.17) is 0 Å². The molecule has 1 unspecified atom stereocenters. The standard InChI is InChI=1S/C14H19NO2/c1-14(2,3)9-4-5-12-11(8-9)10(13(16)17)6-7-15-12/h4-5,8,10,15H,6-7H2,1-3H3,(H,16,17). The lowest BCUT2D eigenvalue weighted by atomic mass is 9.82. The third-order valence-corrected chi connectivity index (χ3v) is 3.34. The number of nitrogens with one attached hydrogen (secondary N) is 1. The summed E-state index contributed by atoms with van der Waals surface area (Å²) < 4.78 is 0. The Bertz CT molecular complexity index is 446. The summed E-state index contributed by atoms with van der Waals surface area (Å²) in [7, 11) is 0. The Labute approximate surface area is 102 Å². The summed E-state index contributed by atoms with van der Waals surface area (Å²) >= 11 is 0. The number of carbonyl (C=O) groups is 1. The summed E-state index contributed by atoms with van der Waals surface area (Å²) in [6.45, 7) is 7.15. The van der Waals surface area contributed by atoms with Crippen LogP contribution in [-0.4, -0.2) is 17.6 Å². The van der Waals surface area contributed by atoms with Gasteiger partial charge in [0.1, 0.15) is 0 Å². The molecule has 92 valence electrons. The highest BCUT2D eigenvalue weighted by molar-refractivity contribution is 5.80. The molecule has 3 nitrogen and oxygen atoms in total. The molecule has 1 atom stereocenters. The fourth-order valence-corrected chi connectivity index (χ4v) is 2.24. The zero-order chi connectivity index (χ0) is 12.6. The lowest BCUT2D eigenvalue weighted by Gasteiger charge is -2.27. The number of hydrogen-bond acceptors (Lipinski definition) is 2. The van der Waals surface area contributed by atoms with Crippen molar-refractivity contribution in [3.63, 3.8) is 0 Å². The maximum Gasteiger partial charge on any atom is 0.311 e. The summed E-state index contributed by atoms with van der Waals surface area (Å²) in [6.07, 6.45) is 0.663. The second kappa shape index (κ2) is 4.06. The first-order valence-electron chi connectivity index (χ1n) is 6.00. The molecule has 0 saturated carbocycles. The average molecular weight is 233 g/mol. The number of benzene rings is 1. The van der Waals surface area contributed by atoms with Crippen LogP contribution in [0.1, 0.15) is 44.2 Å². The van der Waals surface area contributed by atoms with E-state index in [1.807, 2.05) is 12.1 Å². The Morgan fingerprint density at radius 1 is 1.41 bits per heavy atom. The Hall–Kier alpha value is -1.51. The third kappa shape index (κ3) is 2.28. The molecule has 3 heteroatoms. The molecule has 0 bridgehead atoms. The number of carboxylic acids is 1. The topological polar surface area (TPSA) is 49.3 Å². The van der Waals surface area contributed by atoms with E-state index < -0.39 is 5.97 Å². The van der Waals surface area contributed by atoms with Crippen molar-refractivity contribution in [1.82, 2.24) is 0 Å². The predicted molar refractivity (Wildman–Crippen MR) is 68.6 cm³/mol. The minimum Gasteiger partial charge on any atom is -0.481 e. The van der Waals surface area contributed by atoms with Gasteiger partial charge in [-0.05, 0) is 29.0 Å². The number of aliphatic carboxylic acids is 1. The normalized spacial score (nSPS) is 19.4. The van der Waals surface area contributed by atoms with E-state index in [-0.39, 0.29) is 11.3 Å². The van der Waals surface area contributed by atoms with Crippen molar-refractivity contribution in [2.75, 3.05) is 11.9 Å². The van der Waals surface area contributed by atoms with Crippen molar-refractivity contribution in [2.45, 2.75) is 38.5 Å². The summed E-state index contributed by atoms with van der Waals surface area (Å²) in [5.41, 5.74) is 3.13. The van der Waals surface area contributed by atoms with Gasteiger partial charge in [-0.2, -0.15) is 0 Å². The number of hydrogen-bond donors (Lipinski definition) is 2. The number of rotatable bonds is 1. The van der Waals surface area contributed by atoms with Crippen LogP contribution in [0.2, 0.25) is 0 Å². The van der Waals surface area contributed by atoms with Crippen LogP contribution >= 0.6 is 0 Å². The van der Waals surface area contributed by atoms with Crippen molar-refractivity contribution >= 4 is 11.7 Å². The molecule has 1 aliphatic heterocycles. The molecule has 0 spiro atoms. The fraction of sp³-hybridized carbons (Fsp3) is 0.500. The smallest absolute Gasteiger partial charge is 0.311 e. The molecular formula is C14H19NO2. The molecule has 0 aliphatic carbocycles. The largest absolute Gasteiger partial charge is 0.481 e. The van der Waals surface area contributed by atoms with Crippen molar-refractivity contribution in [3.8, 4) is 0 Å². The van der Waals surface area contributed by atoms with Crippen LogP contribution in [0.25, 0.3) is 0 Å².